The molecular weight excluding hydrogens is 434 g/mol. The van der Waals surface area contributed by atoms with Gasteiger partial charge >= 0.3 is 5.97 Å². The summed E-state index contributed by atoms with van der Waals surface area (Å²) in [5.41, 5.74) is 2.79. The van der Waals surface area contributed by atoms with Gasteiger partial charge in [0.2, 0.25) is 5.88 Å². The molecule has 0 saturated heterocycles. The van der Waals surface area contributed by atoms with Gasteiger partial charge in [-0.25, -0.2) is 14.8 Å². The van der Waals surface area contributed by atoms with Gasteiger partial charge in [-0.3, -0.25) is 4.79 Å². The number of carbonyl (C=O) groups is 2. The minimum Gasteiger partial charge on any atom is -0.497 e. The van der Waals surface area contributed by atoms with Crippen LogP contribution in [0.2, 0.25) is 0 Å². The second-order valence-corrected chi connectivity index (χ2v) is 7.51. The van der Waals surface area contributed by atoms with Crippen LogP contribution in [0.5, 0.6) is 11.6 Å². The maximum Gasteiger partial charge on any atom is 0.344 e. The van der Waals surface area contributed by atoms with Crippen LogP contribution in [0.1, 0.15) is 40.9 Å². The molecule has 2 heterocycles. The molecule has 174 valence electrons. The fourth-order valence-electron chi connectivity index (χ4n) is 3.70. The van der Waals surface area contributed by atoms with Crippen LogP contribution in [0.25, 0.3) is 0 Å². The number of amides is 1. The van der Waals surface area contributed by atoms with Gasteiger partial charge in [-0.1, -0.05) is 42.5 Å². The molecule has 0 fully saturated rings. The summed E-state index contributed by atoms with van der Waals surface area (Å²) in [6.45, 7) is 1.68. The van der Waals surface area contributed by atoms with Gasteiger partial charge in [0.1, 0.15) is 11.3 Å². The standard InChI is InChI=1S/C26H25N3O5/c1-3-33-25-21(10-7-15-27-25)26(31)34-17-24(30)29-23(19-11-13-20(32-2)14-12-19)16-22(28-29)18-8-5-4-6-9-18/h4-15,23H,3,16-17H2,1-2H3. The van der Waals surface area contributed by atoms with Gasteiger partial charge in [0.05, 0.1) is 25.5 Å². The summed E-state index contributed by atoms with van der Waals surface area (Å²) >= 11 is 0. The Kier molecular flexibility index (Phi) is 7.17. The molecule has 0 saturated carbocycles. The second-order valence-electron chi connectivity index (χ2n) is 7.51. The number of nitrogens with zero attached hydrogens (tertiary/aromatic N) is 3. The van der Waals surface area contributed by atoms with E-state index in [1.807, 2.05) is 54.6 Å². The third-order valence-electron chi connectivity index (χ3n) is 5.37. The summed E-state index contributed by atoms with van der Waals surface area (Å²) < 4.78 is 15.9. The van der Waals surface area contributed by atoms with E-state index in [9.17, 15) is 9.59 Å². The number of rotatable bonds is 8. The first-order chi connectivity index (χ1) is 16.6. The van der Waals surface area contributed by atoms with E-state index in [1.165, 1.54) is 11.2 Å². The average molecular weight is 460 g/mol. The minimum atomic E-state index is -0.683. The molecule has 1 amide bonds. The van der Waals surface area contributed by atoms with E-state index in [4.69, 9.17) is 14.2 Å². The minimum absolute atomic E-state index is 0.166. The highest BCUT2D eigenvalue weighted by Gasteiger charge is 2.33. The lowest BCUT2D eigenvalue weighted by Gasteiger charge is -2.22. The molecule has 4 rings (SSSR count). The number of aromatic nitrogens is 1. The first kappa shape index (κ1) is 23.0. The van der Waals surface area contributed by atoms with Crippen molar-refractivity contribution < 1.29 is 23.8 Å². The number of hydrogen-bond donors (Lipinski definition) is 0. The maximum absolute atomic E-state index is 13.1. The van der Waals surface area contributed by atoms with Gasteiger partial charge in [0.25, 0.3) is 5.91 Å². The van der Waals surface area contributed by atoms with Crippen LogP contribution in [0.4, 0.5) is 0 Å². The molecule has 0 aliphatic carbocycles. The molecule has 1 unspecified atom stereocenters. The van der Waals surface area contributed by atoms with E-state index in [1.54, 1.807) is 26.2 Å². The van der Waals surface area contributed by atoms with Crippen molar-refractivity contribution in [3.8, 4) is 11.6 Å². The first-order valence-corrected chi connectivity index (χ1v) is 10.9. The van der Waals surface area contributed by atoms with Crippen molar-refractivity contribution in [3.63, 3.8) is 0 Å². The Balaban J connectivity index is 1.53. The van der Waals surface area contributed by atoms with Gasteiger partial charge in [-0.2, -0.15) is 5.10 Å². The highest BCUT2D eigenvalue weighted by atomic mass is 16.5. The van der Waals surface area contributed by atoms with Crippen LogP contribution in [0.15, 0.2) is 78.0 Å². The van der Waals surface area contributed by atoms with Crippen molar-refractivity contribution in [2.75, 3.05) is 20.3 Å². The Hall–Kier alpha value is -4.20. The summed E-state index contributed by atoms with van der Waals surface area (Å²) in [5.74, 6) is -0.220. The molecule has 1 atom stereocenters. The highest BCUT2D eigenvalue weighted by molar-refractivity contribution is 6.03. The number of ether oxygens (including phenoxy) is 3. The van der Waals surface area contributed by atoms with Gasteiger partial charge < -0.3 is 14.2 Å². The lowest BCUT2D eigenvalue weighted by atomic mass is 9.98. The molecule has 0 radical (unpaired) electrons. The predicted octanol–water partition coefficient (Wildman–Crippen LogP) is 4.02. The molecule has 1 aliphatic rings. The molecule has 3 aromatic rings. The summed E-state index contributed by atoms with van der Waals surface area (Å²) in [4.78, 5) is 29.8. The smallest absolute Gasteiger partial charge is 0.344 e. The molecular formula is C26H25N3O5. The summed E-state index contributed by atoms with van der Waals surface area (Å²) in [6, 6.07) is 20.0. The quantitative estimate of drug-likeness (QED) is 0.473. The number of benzene rings is 2. The number of carbonyl (C=O) groups excluding carboxylic acids is 2. The molecule has 1 aromatic heterocycles. The van der Waals surface area contributed by atoms with E-state index in [0.717, 1.165) is 22.6 Å². The highest BCUT2D eigenvalue weighted by Crippen LogP contribution is 2.33. The summed E-state index contributed by atoms with van der Waals surface area (Å²) in [7, 11) is 1.60. The Morgan fingerprint density at radius 1 is 1.03 bits per heavy atom. The summed E-state index contributed by atoms with van der Waals surface area (Å²) in [5, 5.41) is 5.99. The van der Waals surface area contributed by atoms with Gasteiger partial charge in [-0.05, 0) is 42.3 Å². The topological polar surface area (TPSA) is 90.3 Å². The largest absolute Gasteiger partial charge is 0.497 e. The number of hydrogen-bond acceptors (Lipinski definition) is 7. The predicted molar refractivity (Wildman–Crippen MR) is 126 cm³/mol. The summed E-state index contributed by atoms with van der Waals surface area (Å²) in [6.07, 6.45) is 2.06. The number of esters is 1. The van der Waals surface area contributed by atoms with Crippen LogP contribution < -0.4 is 9.47 Å². The Morgan fingerprint density at radius 2 is 1.79 bits per heavy atom. The molecule has 34 heavy (non-hydrogen) atoms. The zero-order valence-electron chi connectivity index (χ0n) is 19.0. The van der Waals surface area contributed by atoms with Crippen molar-refractivity contribution in [1.82, 2.24) is 9.99 Å². The third-order valence-corrected chi connectivity index (χ3v) is 5.37. The molecule has 8 heteroatoms. The van der Waals surface area contributed by atoms with Gasteiger partial charge in [0, 0.05) is 12.6 Å². The number of pyridine rings is 1. The van der Waals surface area contributed by atoms with Crippen LogP contribution >= 0.6 is 0 Å². The lowest BCUT2D eigenvalue weighted by Crippen LogP contribution is -2.31. The van der Waals surface area contributed by atoms with Crippen LogP contribution in [0, 0.1) is 0 Å². The molecule has 8 nitrogen and oxygen atoms in total. The lowest BCUT2D eigenvalue weighted by molar-refractivity contribution is -0.136. The Labute approximate surface area is 197 Å². The first-order valence-electron chi connectivity index (χ1n) is 10.9. The van der Waals surface area contributed by atoms with Crippen molar-refractivity contribution in [3.05, 3.63) is 89.6 Å². The van der Waals surface area contributed by atoms with Gasteiger partial charge in [0.15, 0.2) is 6.61 Å². The van der Waals surface area contributed by atoms with Crippen molar-refractivity contribution in [2.45, 2.75) is 19.4 Å². The van der Waals surface area contributed by atoms with Crippen LogP contribution in [-0.2, 0) is 9.53 Å². The SMILES string of the molecule is CCOc1ncccc1C(=O)OCC(=O)N1N=C(c2ccccc2)CC1c1ccc(OC)cc1. The van der Waals surface area contributed by atoms with E-state index >= 15 is 0 Å². The van der Waals surface area contributed by atoms with E-state index in [-0.39, 0.29) is 17.5 Å². The van der Waals surface area contributed by atoms with E-state index in [0.29, 0.717) is 13.0 Å². The normalized spacial score (nSPS) is 14.9. The zero-order valence-corrected chi connectivity index (χ0v) is 19.0. The molecule has 0 spiro atoms. The Morgan fingerprint density at radius 3 is 2.50 bits per heavy atom. The molecule has 1 aliphatic heterocycles. The fourth-order valence-corrected chi connectivity index (χ4v) is 3.70. The second kappa shape index (κ2) is 10.6. The molecule has 2 aromatic carbocycles. The maximum atomic E-state index is 13.1. The van der Waals surface area contributed by atoms with Crippen molar-refractivity contribution >= 4 is 17.6 Å². The average Bonchev–Trinajstić information content (AvgIpc) is 3.34. The van der Waals surface area contributed by atoms with Gasteiger partial charge in [-0.15, -0.1) is 0 Å². The van der Waals surface area contributed by atoms with Crippen molar-refractivity contribution in [2.24, 2.45) is 5.10 Å². The van der Waals surface area contributed by atoms with Crippen LogP contribution in [0.3, 0.4) is 0 Å². The number of hydrazone groups is 1. The zero-order chi connectivity index (χ0) is 23.9. The van der Waals surface area contributed by atoms with Crippen molar-refractivity contribution in [1.29, 1.82) is 0 Å². The third kappa shape index (κ3) is 5.06. The fraction of sp³-hybridized carbons (Fsp3) is 0.231. The molecule has 0 bridgehead atoms. The monoisotopic (exact) mass is 459 g/mol. The molecule has 0 N–H and O–H groups in total. The Bertz CT molecular complexity index is 1180. The van der Waals surface area contributed by atoms with E-state index in [2.05, 4.69) is 10.1 Å². The van der Waals surface area contributed by atoms with E-state index < -0.39 is 18.5 Å². The van der Waals surface area contributed by atoms with Crippen LogP contribution in [-0.4, -0.2) is 47.9 Å². The number of methoxy groups -OCH3 is 1.